The van der Waals surface area contributed by atoms with Gasteiger partial charge in [-0.05, 0) is 42.2 Å². The Morgan fingerprint density at radius 1 is 1.04 bits per heavy atom. The van der Waals surface area contributed by atoms with Gasteiger partial charge < -0.3 is 5.32 Å². The highest BCUT2D eigenvalue weighted by atomic mass is 79.9. The van der Waals surface area contributed by atoms with Crippen molar-refractivity contribution in [2.75, 3.05) is 0 Å². The molecule has 136 valence electrons. The van der Waals surface area contributed by atoms with Crippen molar-refractivity contribution in [3.05, 3.63) is 86.6 Å². The minimum absolute atomic E-state index is 0.0697. The number of halogens is 1. The molecule has 3 aromatic rings. The third-order valence-corrected chi connectivity index (χ3v) is 5.24. The number of fused-ring (bicyclic) bond motifs is 1. The average molecular weight is 424 g/mol. The quantitative estimate of drug-likeness (QED) is 0.701. The average Bonchev–Trinajstić information content (AvgIpc) is 3.06. The third-order valence-electron chi connectivity index (χ3n) is 4.72. The second-order valence-electron chi connectivity index (χ2n) is 6.66. The maximum absolute atomic E-state index is 12.4. The number of nitrogens with one attached hydrogen (secondary N) is 1. The molecule has 27 heavy (non-hydrogen) atoms. The Bertz CT molecular complexity index is 1020. The zero-order valence-corrected chi connectivity index (χ0v) is 16.1. The fourth-order valence-corrected chi connectivity index (χ4v) is 3.67. The van der Waals surface area contributed by atoms with Gasteiger partial charge in [0.15, 0.2) is 0 Å². The van der Waals surface area contributed by atoms with E-state index in [-0.39, 0.29) is 24.1 Å². The van der Waals surface area contributed by atoms with Crippen molar-refractivity contribution in [2.24, 2.45) is 0 Å². The van der Waals surface area contributed by atoms with Gasteiger partial charge in [-0.1, -0.05) is 52.3 Å². The zero-order chi connectivity index (χ0) is 18.8. The minimum Gasteiger partial charge on any atom is -0.351 e. The molecule has 0 unspecified atom stereocenters. The Hall–Kier alpha value is -2.73. The summed E-state index contributed by atoms with van der Waals surface area (Å²) in [6.45, 7) is -0.0873. The summed E-state index contributed by atoms with van der Waals surface area (Å²) in [7, 11) is 0. The molecular formula is C21H18BrN3O2. The lowest BCUT2D eigenvalue weighted by atomic mass is 10.1. The van der Waals surface area contributed by atoms with Gasteiger partial charge in [-0.25, -0.2) is 4.68 Å². The normalized spacial score (nSPS) is 13.4. The van der Waals surface area contributed by atoms with Crippen molar-refractivity contribution in [3.63, 3.8) is 0 Å². The van der Waals surface area contributed by atoms with E-state index in [0.717, 1.165) is 22.9 Å². The molecular weight excluding hydrogens is 406 g/mol. The van der Waals surface area contributed by atoms with Gasteiger partial charge in [0, 0.05) is 22.1 Å². The summed E-state index contributed by atoms with van der Waals surface area (Å²) >= 11 is 3.40. The van der Waals surface area contributed by atoms with Crippen LogP contribution in [0.2, 0.25) is 0 Å². The molecule has 2 aromatic carbocycles. The molecule has 6 heteroatoms. The van der Waals surface area contributed by atoms with E-state index >= 15 is 0 Å². The van der Waals surface area contributed by atoms with E-state index in [0.29, 0.717) is 5.69 Å². The van der Waals surface area contributed by atoms with Gasteiger partial charge in [0.25, 0.3) is 5.56 Å². The van der Waals surface area contributed by atoms with Crippen molar-refractivity contribution in [3.8, 4) is 11.3 Å². The first-order valence-electron chi connectivity index (χ1n) is 8.79. The van der Waals surface area contributed by atoms with Gasteiger partial charge in [0.05, 0.1) is 5.69 Å². The van der Waals surface area contributed by atoms with E-state index in [1.807, 2.05) is 36.4 Å². The molecule has 0 fully saturated rings. The van der Waals surface area contributed by atoms with Crippen molar-refractivity contribution in [2.45, 2.75) is 25.4 Å². The van der Waals surface area contributed by atoms with E-state index in [1.165, 1.54) is 21.9 Å². The van der Waals surface area contributed by atoms with Crippen LogP contribution < -0.4 is 10.9 Å². The van der Waals surface area contributed by atoms with Crippen LogP contribution in [0.25, 0.3) is 11.3 Å². The Morgan fingerprint density at radius 3 is 2.37 bits per heavy atom. The lowest BCUT2D eigenvalue weighted by Crippen LogP contribution is -2.39. The monoisotopic (exact) mass is 423 g/mol. The Balaban J connectivity index is 1.46. The summed E-state index contributed by atoms with van der Waals surface area (Å²) in [5.74, 6) is -0.199. The molecule has 1 amide bonds. The van der Waals surface area contributed by atoms with E-state index in [9.17, 15) is 9.59 Å². The molecule has 5 nitrogen and oxygen atoms in total. The van der Waals surface area contributed by atoms with Gasteiger partial charge in [0.2, 0.25) is 5.91 Å². The third kappa shape index (κ3) is 4.01. The fourth-order valence-electron chi connectivity index (χ4n) is 3.41. The smallest absolute Gasteiger partial charge is 0.267 e. The van der Waals surface area contributed by atoms with Crippen LogP contribution in [0.15, 0.2) is 69.9 Å². The van der Waals surface area contributed by atoms with E-state index in [2.05, 4.69) is 38.5 Å². The number of amides is 1. The number of benzene rings is 2. The summed E-state index contributed by atoms with van der Waals surface area (Å²) in [4.78, 5) is 24.6. The van der Waals surface area contributed by atoms with Gasteiger partial charge in [-0.15, -0.1) is 0 Å². The number of hydrogen-bond acceptors (Lipinski definition) is 3. The fraction of sp³-hybridized carbons (Fsp3) is 0.190. The van der Waals surface area contributed by atoms with Crippen LogP contribution in [-0.2, 0) is 24.2 Å². The lowest BCUT2D eigenvalue weighted by Gasteiger charge is -2.13. The molecule has 1 aromatic heterocycles. The highest BCUT2D eigenvalue weighted by molar-refractivity contribution is 9.10. The number of aromatic nitrogens is 2. The van der Waals surface area contributed by atoms with Crippen LogP contribution in [0.1, 0.15) is 11.1 Å². The molecule has 1 aliphatic rings. The summed E-state index contributed by atoms with van der Waals surface area (Å²) in [6.07, 6.45) is 1.65. The number of nitrogens with zero attached hydrogens (tertiary/aromatic N) is 2. The van der Waals surface area contributed by atoms with Crippen LogP contribution in [0, 0.1) is 0 Å². The van der Waals surface area contributed by atoms with Crippen LogP contribution in [0.3, 0.4) is 0 Å². The van der Waals surface area contributed by atoms with Gasteiger partial charge in [-0.3, -0.25) is 9.59 Å². The van der Waals surface area contributed by atoms with Gasteiger partial charge in [-0.2, -0.15) is 5.10 Å². The van der Waals surface area contributed by atoms with Crippen LogP contribution in [0.5, 0.6) is 0 Å². The Morgan fingerprint density at radius 2 is 1.70 bits per heavy atom. The largest absolute Gasteiger partial charge is 0.351 e. The summed E-state index contributed by atoms with van der Waals surface area (Å²) in [5.41, 5.74) is 3.80. The topological polar surface area (TPSA) is 64.0 Å². The molecule has 0 atom stereocenters. The number of carbonyl (C=O) groups is 1. The lowest BCUT2D eigenvalue weighted by molar-refractivity contribution is -0.122. The molecule has 0 saturated heterocycles. The molecule has 1 N–H and O–H groups in total. The molecule has 0 bridgehead atoms. The number of rotatable bonds is 4. The molecule has 1 heterocycles. The highest BCUT2D eigenvalue weighted by Crippen LogP contribution is 2.21. The second-order valence-corrected chi connectivity index (χ2v) is 7.58. The summed E-state index contributed by atoms with van der Waals surface area (Å²) in [6, 6.07) is 19.1. The Labute approximate surface area is 165 Å². The molecule has 0 radical (unpaired) electrons. The molecule has 1 aliphatic carbocycles. The minimum atomic E-state index is -0.291. The Kier molecular flexibility index (Phi) is 4.90. The number of hydrogen-bond donors (Lipinski definition) is 1. The van der Waals surface area contributed by atoms with Crippen molar-refractivity contribution in [1.82, 2.24) is 15.1 Å². The van der Waals surface area contributed by atoms with E-state index in [4.69, 9.17) is 0 Å². The molecule has 4 rings (SSSR count). The van der Waals surface area contributed by atoms with Crippen LogP contribution in [0.4, 0.5) is 0 Å². The highest BCUT2D eigenvalue weighted by Gasteiger charge is 2.22. The zero-order valence-electron chi connectivity index (χ0n) is 14.6. The van der Waals surface area contributed by atoms with Crippen LogP contribution >= 0.6 is 15.9 Å². The van der Waals surface area contributed by atoms with E-state index < -0.39 is 0 Å². The SMILES string of the molecule is O=C(Cn1nc(-c2ccc(Br)cc2)ccc1=O)NC1Cc2ccccc2C1. The molecule has 0 spiro atoms. The van der Waals surface area contributed by atoms with Gasteiger partial charge >= 0.3 is 0 Å². The van der Waals surface area contributed by atoms with Crippen molar-refractivity contribution in [1.29, 1.82) is 0 Å². The predicted octanol–water partition coefficient (Wildman–Crippen LogP) is 2.96. The maximum atomic E-state index is 12.4. The molecule has 0 saturated carbocycles. The second kappa shape index (κ2) is 7.48. The maximum Gasteiger partial charge on any atom is 0.267 e. The van der Waals surface area contributed by atoms with Crippen molar-refractivity contribution < 1.29 is 4.79 Å². The summed E-state index contributed by atoms with van der Waals surface area (Å²) < 4.78 is 2.19. The predicted molar refractivity (Wildman–Crippen MR) is 107 cm³/mol. The van der Waals surface area contributed by atoms with Gasteiger partial charge in [0.1, 0.15) is 6.54 Å². The standard InChI is InChI=1S/C21H18BrN3O2/c22-17-7-5-14(6-8-17)19-9-10-21(27)25(24-19)13-20(26)23-18-11-15-3-1-2-4-16(15)12-18/h1-10,18H,11-13H2,(H,23,26). The first-order chi connectivity index (χ1) is 13.1. The number of carbonyl (C=O) groups excluding carboxylic acids is 1. The van der Waals surface area contributed by atoms with Crippen molar-refractivity contribution >= 4 is 21.8 Å². The first kappa shape index (κ1) is 17.7. The van der Waals surface area contributed by atoms with E-state index in [1.54, 1.807) is 6.07 Å². The van der Waals surface area contributed by atoms with Crippen LogP contribution in [-0.4, -0.2) is 21.7 Å². The first-order valence-corrected chi connectivity index (χ1v) is 9.58. The summed E-state index contributed by atoms with van der Waals surface area (Å²) in [5, 5.41) is 7.38. The molecule has 0 aliphatic heterocycles.